The predicted molar refractivity (Wildman–Crippen MR) is 74.7 cm³/mol. The Labute approximate surface area is 127 Å². The Bertz CT molecular complexity index is 567. The highest BCUT2D eigenvalue weighted by atomic mass is 31.2. The highest BCUT2D eigenvalue weighted by Gasteiger charge is 2.58. The summed E-state index contributed by atoms with van der Waals surface area (Å²) in [6, 6.07) is 8.40. The third-order valence-electron chi connectivity index (χ3n) is 2.91. The summed E-state index contributed by atoms with van der Waals surface area (Å²) in [7, 11) is -3.21. The number of rotatable bonds is 7. The predicted octanol–water partition coefficient (Wildman–Crippen LogP) is 0.813. The summed E-state index contributed by atoms with van der Waals surface area (Å²) in [6.45, 7) is -0.294. The molecule has 1 rings (SSSR count). The van der Waals surface area contributed by atoms with Crippen LogP contribution in [-0.2, 0) is 35.0 Å². The number of ether oxygens (including phenoxy) is 3. The Kier molecular flexibility index (Phi) is 6.25. The van der Waals surface area contributed by atoms with E-state index < -0.39 is 31.3 Å². The van der Waals surface area contributed by atoms with Gasteiger partial charge in [-0.2, -0.15) is 0 Å². The molecular formula is C13H17O8P. The Balaban J connectivity index is 3.15. The molecule has 22 heavy (non-hydrogen) atoms. The lowest BCUT2D eigenvalue weighted by Gasteiger charge is -2.30. The molecule has 0 radical (unpaired) electrons. The van der Waals surface area contributed by atoms with Gasteiger partial charge < -0.3 is 24.0 Å². The highest BCUT2D eigenvalue weighted by Crippen LogP contribution is 2.54. The molecule has 1 aromatic carbocycles. The minimum atomic E-state index is -5.18. The van der Waals surface area contributed by atoms with Crippen LogP contribution in [0.5, 0.6) is 0 Å². The van der Waals surface area contributed by atoms with E-state index in [1.807, 2.05) is 0 Å². The molecule has 2 N–H and O–H groups in total. The summed E-state index contributed by atoms with van der Waals surface area (Å²) >= 11 is 0. The van der Waals surface area contributed by atoms with E-state index >= 15 is 0 Å². The monoisotopic (exact) mass is 332 g/mol. The molecule has 122 valence electrons. The number of hydrogen-bond acceptors (Lipinski definition) is 6. The van der Waals surface area contributed by atoms with Crippen molar-refractivity contribution in [2.45, 2.75) is 18.4 Å². The van der Waals surface area contributed by atoms with Crippen molar-refractivity contribution in [2.24, 2.45) is 0 Å². The second kappa shape index (κ2) is 7.51. The number of hydrogen-bond donors (Lipinski definition) is 2. The van der Waals surface area contributed by atoms with E-state index in [0.717, 1.165) is 14.2 Å². The summed E-state index contributed by atoms with van der Waals surface area (Å²) in [6.07, 6.45) is -0.965. The van der Waals surface area contributed by atoms with Gasteiger partial charge in [0.2, 0.25) is 0 Å². The van der Waals surface area contributed by atoms with E-state index in [1.165, 1.54) is 0 Å². The topological polar surface area (TPSA) is 119 Å². The first kappa shape index (κ1) is 18.3. The van der Waals surface area contributed by atoms with Gasteiger partial charge in [0, 0.05) is 0 Å². The Morgan fingerprint density at radius 1 is 1.14 bits per heavy atom. The van der Waals surface area contributed by atoms with Crippen molar-refractivity contribution in [1.82, 2.24) is 0 Å². The number of carbonyl (C=O) groups is 2. The average Bonchev–Trinajstić information content (AvgIpc) is 2.50. The molecule has 0 aliphatic rings. The first-order chi connectivity index (χ1) is 10.3. The van der Waals surface area contributed by atoms with Crippen LogP contribution in [0.15, 0.2) is 30.3 Å². The van der Waals surface area contributed by atoms with Crippen LogP contribution in [0.1, 0.15) is 12.0 Å². The fourth-order valence-electron chi connectivity index (χ4n) is 1.69. The van der Waals surface area contributed by atoms with Crippen molar-refractivity contribution < 1.29 is 38.2 Å². The fraction of sp³-hybridized carbons (Fsp3) is 0.385. The maximum absolute atomic E-state index is 11.9. The smallest absolute Gasteiger partial charge is 0.369 e. The summed E-state index contributed by atoms with van der Waals surface area (Å²) in [4.78, 5) is 42.4. The van der Waals surface area contributed by atoms with Crippen molar-refractivity contribution in [3.63, 3.8) is 0 Å². The Morgan fingerprint density at radius 2 is 1.73 bits per heavy atom. The molecule has 0 fully saturated rings. The van der Waals surface area contributed by atoms with Crippen LogP contribution in [0, 0.1) is 0 Å². The first-order valence-electron chi connectivity index (χ1n) is 6.15. The van der Waals surface area contributed by atoms with Crippen LogP contribution in [-0.4, -0.2) is 41.3 Å². The van der Waals surface area contributed by atoms with Crippen LogP contribution in [0.2, 0.25) is 0 Å². The van der Waals surface area contributed by atoms with Gasteiger partial charge in [-0.15, -0.1) is 0 Å². The molecule has 0 amide bonds. The van der Waals surface area contributed by atoms with Crippen LogP contribution in [0.4, 0.5) is 0 Å². The molecule has 1 aromatic rings. The molecule has 1 unspecified atom stereocenters. The van der Waals surface area contributed by atoms with Crippen molar-refractivity contribution >= 4 is 19.5 Å². The molecule has 9 heteroatoms. The molecule has 1 atom stereocenters. The largest absolute Gasteiger partial charge is 0.469 e. The molecule has 0 heterocycles. The van der Waals surface area contributed by atoms with E-state index in [-0.39, 0.29) is 6.61 Å². The molecule has 8 nitrogen and oxygen atoms in total. The van der Waals surface area contributed by atoms with Gasteiger partial charge in [0.1, 0.15) is 0 Å². The third kappa shape index (κ3) is 4.14. The highest BCUT2D eigenvalue weighted by molar-refractivity contribution is 7.54. The summed E-state index contributed by atoms with van der Waals surface area (Å²) < 4.78 is 25.7. The van der Waals surface area contributed by atoms with E-state index in [4.69, 9.17) is 4.74 Å². The third-order valence-corrected chi connectivity index (χ3v) is 4.32. The summed E-state index contributed by atoms with van der Waals surface area (Å²) in [5.41, 5.74) is 0.564. The van der Waals surface area contributed by atoms with Gasteiger partial charge in [0.05, 0.1) is 27.2 Å². The van der Waals surface area contributed by atoms with E-state index in [9.17, 15) is 23.9 Å². The second-order valence-corrected chi connectivity index (χ2v) is 6.16. The van der Waals surface area contributed by atoms with Gasteiger partial charge in [-0.3, -0.25) is 9.36 Å². The van der Waals surface area contributed by atoms with Gasteiger partial charge >= 0.3 is 19.5 Å². The summed E-state index contributed by atoms with van der Waals surface area (Å²) in [5, 5.41) is -2.75. The molecule has 0 saturated heterocycles. The maximum atomic E-state index is 11.9. The zero-order valence-electron chi connectivity index (χ0n) is 12.1. The van der Waals surface area contributed by atoms with E-state index in [2.05, 4.69) is 9.47 Å². The van der Waals surface area contributed by atoms with E-state index in [0.29, 0.717) is 5.56 Å². The van der Waals surface area contributed by atoms with Crippen LogP contribution in [0.3, 0.4) is 0 Å². The zero-order valence-corrected chi connectivity index (χ0v) is 13.0. The number of methoxy groups -OCH3 is 2. The first-order valence-corrected chi connectivity index (χ1v) is 7.77. The van der Waals surface area contributed by atoms with Gasteiger partial charge in [-0.05, 0) is 5.56 Å². The van der Waals surface area contributed by atoms with Gasteiger partial charge in [0.15, 0.2) is 0 Å². The molecule has 0 aliphatic carbocycles. The molecule has 0 aliphatic heterocycles. The minimum absolute atomic E-state index is 0.294. The standard InChI is InChI=1S/C13H17O8P/c1-19-11(14)8-13(12(15)20-2,22(16,17)18)21-9-10-6-4-3-5-7-10/h3-7H,8-9H2,1-2H3,(H2,16,17,18). The molecule has 0 saturated carbocycles. The average molecular weight is 332 g/mol. The number of carbonyl (C=O) groups excluding carboxylic acids is 2. The SMILES string of the molecule is COC(=O)CC(OCc1ccccc1)(C(=O)OC)P(=O)(O)O. The minimum Gasteiger partial charge on any atom is -0.469 e. The normalized spacial score (nSPS) is 14.0. The van der Waals surface area contributed by atoms with E-state index in [1.54, 1.807) is 30.3 Å². The maximum Gasteiger partial charge on any atom is 0.369 e. The van der Waals surface area contributed by atoms with Crippen molar-refractivity contribution in [3.05, 3.63) is 35.9 Å². The Morgan fingerprint density at radius 3 is 2.18 bits per heavy atom. The summed E-state index contributed by atoms with van der Waals surface area (Å²) in [5.74, 6) is -2.36. The van der Waals surface area contributed by atoms with Crippen molar-refractivity contribution in [1.29, 1.82) is 0 Å². The Hall–Kier alpha value is -1.73. The molecule has 0 aromatic heterocycles. The fourth-order valence-corrected chi connectivity index (χ4v) is 2.59. The van der Waals surface area contributed by atoms with Crippen molar-refractivity contribution in [2.75, 3.05) is 14.2 Å². The van der Waals surface area contributed by atoms with Crippen LogP contribution < -0.4 is 0 Å². The van der Waals surface area contributed by atoms with Gasteiger partial charge in [0.25, 0.3) is 5.34 Å². The quantitative estimate of drug-likeness (QED) is 0.556. The van der Waals surface area contributed by atoms with Crippen molar-refractivity contribution in [3.8, 4) is 0 Å². The van der Waals surface area contributed by atoms with Gasteiger partial charge in [-0.25, -0.2) is 4.79 Å². The lowest BCUT2D eigenvalue weighted by Crippen LogP contribution is -2.44. The number of esters is 2. The van der Waals surface area contributed by atoms with Crippen LogP contribution >= 0.6 is 7.60 Å². The zero-order chi connectivity index (χ0) is 16.8. The second-order valence-electron chi connectivity index (χ2n) is 4.35. The van der Waals surface area contributed by atoms with Gasteiger partial charge in [-0.1, -0.05) is 30.3 Å². The lowest BCUT2D eigenvalue weighted by atomic mass is 10.2. The molecular weight excluding hydrogens is 315 g/mol. The molecule has 0 bridgehead atoms. The molecule has 0 spiro atoms. The number of benzene rings is 1. The van der Waals surface area contributed by atoms with Crippen LogP contribution in [0.25, 0.3) is 0 Å². The lowest BCUT2D eigenvalue weighted by molar-refractivity contribution is -0.168.